The Morgan fingerprint density at radius 1 is 0.968 bits per heavy atom. The Kier molecular flexibility index (Phi) is 6.57. The quantitative estimate of drug-likeness (QED) is 0.350. The summed E-state index contributed by atoms with van der Waals surface area (Å²) in [5.41, 5.74) is 2.34. The maximum absolute atomic E-state index is 13.9. The number of amides is 1. The van der Waals surface area contributed by atoms with Gasteiger partial charge in [0.05, 0.1) is 17.8 Å². The first-order valence-electron chi connectivity index (χ1n) is 9.89. The van der Waals surface area contributed by atoms with E-state index in [9.17, 15) is 9.18 Å². The molecule has 0 fully saturated rings. The Hall–Kier alpha value is -3.25. The molecule has 1 N–H and O–H groups in total. The van der Waals surface area contributed by atoms with Gasteiger partial charge in [0.25, 0.3) is 0 Å². The van der Waals surface area contributed by atoms with Crippen LogP contribution in [-0.4, -0.2) is 10.9 Å². The molecule has 1 aromatic heterocycles. The Balaban J connectivity index is 1.44. The van der Waals surface area contributed by atoms with Crippen molar-refractivity contribution in [3.05, 3.63) is 112 Å². The molecule has 6 heteroatoms. The molecule has 0 saturated heterocycles. The van der Waals surface area contributed by atoms with Gasteiger partial charge in [0, 0.05) is 17.3 Å². The molecule has 156 valence electrons. The fourth-order valence-corrected chi connectivity index (χ4v) is 3.59. The van der Waals surface area contributed by atoms with Crippen molar-refractivity contribution in [1.29, 1.82) is 0 Å². The molecule has 31 heavy (non-hydrogen) atoms. The maximum Gasteiger partial charge on any atom is 0.221 e. The van der Waals surface area contributed by atoms with Gasteiger partial charge in [-0.15, -0.1) is 0 Å². The van der Waals surface area contributed by atoms with Crippen LogP contribution in [0.1, 0.15) is 29.5 Å². The van der Waals surface area contributed by atoms with E-state index in [4.69, 9.17) is 4.42 Å². The summed E-state index contributed by atoms with van der Waals surface area (Å²) in [4.78, 5) is 16.9. The number of nitrogens with one attached hydrogen (secondary N) is 1. The van der Waals surface area contributed by atoms with E-state index in [2.05, 4.69) is 26.2 Å². The number of carbonyl (C=O) groups is 1. The molecule has 1 unspecified atom stereocenters. The number of oxazole rings is 1. The molecule has 0 saturated carbocycles. The number of hydrogen-bond acceptors (Lipinski definition) is 3. The maximum atomic E-state index is 13.9. The normalized spacial score (nSPS) is 11.8. The van der Waals surface area contributed by atoms with Crippen LogP contribution >= 0.6 is 15.9 Å². The second-order valence-corrected chi connectivity index (χ2v) is 7.98. The summed E-state index contributed by atoms with van der Waals surface area (Å²) in [6.07, 6.45) is 2.01. The Labute approximate surface area is 188 Å². The third-order valence-electron chi connectivity index (χ3n) is 4.90. The van der Waals surface area contributed by atoms with E-state index < -0.39 is 0 Å². The van der Waals surface area contributed by atoms with Crippen molar-refractivity contribution in [2.75, 3.05) is 0 Å². The number of rotatable bonds is 7. The third-order valence-corrected chi connectivity index (χ3v) is 5.43. The van der Waals surface area contributed by atoms with Crippen LogP contribution in [0.4, 0.5) is 4.39 Å². The molecule has 0 spiro atoms. The molecule has 0 aliphatic heterocycles. The van der Waals surface area contributed by atoms with E-state index in [-0.39, 0.29) is 24.2 Å². The van der Waals surface area contributed by atoms with Crippen LogP contribution in [0.5, 0.6) is 0 Å². The lowest BCUT2D eigenvalue weighted by atomic mass is 9.98. The average Bonchev–Trinajstić information content (AvgIpc) is 3.26. The largest absolute Gasteiger partial charge is 0.441 e. The molecule has 4 rings (SSSR count). The minimum atomic E-state index is -0.372. The van der Waals surface area contributed by atoms with Crippen LogP contribution in [0.25, 0.3) is 11.3 Å². The first kappa shape index (κ1) is 21.0. The smallest absolute Gasteiger partial charge is 0.221 e. The minimum Gasteiger partial charge on any atom is -0.441 e. The lowest BCUT2D eigenvalue weighted by molar-refractivity contribution is -0.121. The highest BCUT2D eigenvalue weighted by atomic mass is 79.9. The third kappa shape index (κ3) is 5.27. The molecule has 0 radical (unpaired) electrons. The molecule has 0 bridgehead atoms. The summed E-state index contributed by atoms with van der Waals surface area (Å²) in [6.45, 7) is 0. The lowest BCUT2D eigenvalue weighted by Crippen LogP contribution is -2.29. The zero-order chi connectivity index (χ0) is 21.6. The van der Waals surface area contributed by atoms with Crippen LogP contribution in [-0.2, 0) is 11.2 Å². The van der Waals surface area contributed by atoms with Gasteiger partial charge in [-0.3, -0.25) is 4.79 Å². The summed E-state index contributed by atoms with van der Waals surface area (Å²) in [7, 11) is 0. The van der Waals surface area contributed by atoms with Crippen molar-refractivity contribution in [3.8, 4) is 11.3 Å². The minimum absolute atomic E-state index is 0.123. The van der Waals surface area contributed by atoms with Gasteiger partial charge < -0.3 is 9.73 Å². The van der Waals surface area contributed by atoms with E-state index in [1.165, 1.54) is 12.3 Å². The van der Waals surface area contributed by atoms with Crippen molar-refractivity contribution in [2.24, 2.45) is 0 Å². The standard InChI is InChI=1S/C25H20BrFN2O2/c26-19-12-10-18(11-13-19)25(17-6-2-1-3-7-17)29-23(30)14-15-24-28-16-22(31-24)20-8-4-5-9-21(20)27/h1-13,16,25H,14-15H2,(H,29,30). The van der Waals surface area contributed by atoms with Gasteiger partial charge in [-0.05, 0) is 35.4 Å². The number of nitrogens with zero attached hydrogens (tertiary/aromatic N) is 1. The van der Waals surface area contributed by atoms with Crippen LogP contribution in [0.3, 0.4) is 0 Å². The number of aryl methyl sites for hydroxylation is 1. The Bertz CT molecular complexity index is 1160. The molecule has 1 heterocycles. The molecule has 1 atom stereocenters. The summed E-state index contributed by atoms with van der Waals surface area (Å²) >= 11 is 3.45. The number of hydrogen-bond donors (Lipinski definition) is 1. The van der Waals surface area contributed by atoms with Gasteiger partial charge in [-0.25, -0.2) is 9.37 Å². The predicted molar refractivity (Wildman–Crippen MR) is 121 cm³/mol. The van der Waals surface area contributed by atoms with E-state index in [0.29, 0.717) is 23.6 Å². The zero-order valence-electron chi connectivity index (χ0n) is 16.6. The van der Waals surface area contributed by atoms with Gasteiger partial charge in [-0.2, -0.15) is 0 Å². The van der Waals surface area contributed by atoms with Crippen LogP contribution < -0.4 is 5.32 Å². The number of aromatic nitrogens is 1. The highest BCUT2D eigenvalue weighted by Gasteiger charge is 2.18. The first-order chi connectivity index (χ1) is 15.1. The van der Waals surface area contributed by atoms with E-state index in [0.717, 1.165) is 15.6 Å². The molecular weight excluding hydrogens is 459 g/mol. The van der Waals surface area contributed by atoms with Crippen LogP contribution in [0, 0.1) is 5.82 Å². The second kappa shape index (κ2) is 9.71. The summed E-state index contributed by atoms with van der Waals surface area (Å²) in [5, 5.41) is 3.10. The van der Waals surface area contributed by atoms with Crippen molar-refractivity contribution in [1.82, 2.24) is 10.3 Å². The monoisotopic (exact) mass is 478 g/mol. The summed E-state index contributed by atoms with van der Waals surface area (Å²) in [6, 6.07) is 23.8. The van der Waals surface area contributed by atoms with Crippen LogP contribution in [0.15, 0.2) is 93.9 Å². The second-order valence-electron chi connectivity index (χ2n) is 7.06. The molecule has 0 aliphatic carbocycles. The van der Waals surface area contributed by atoms with Crippen molar-refractivity contribution in [3.63, 3.8) is 0 Å². The number of benzene rings is 3. The van der Waals surface area contributed by atoms with E-state index in [1.54, 1.807) is 18.2 Å². The van der Waals surface area contributed by atoms with Crippen molar-refractivity contribution in [2.45, 2.75) is 18.9 Å². The molecule has 4 nitrogen and oxygen atoms in total. The average molecular weight is 479 g/mol. The first-order valence-corrected chi connectivity index (χ1v) is 10.7. The van der Waals surface area contributed by atoms with Gasteiger partial charge in [0.15, 0.2) is 11.7 Å². The topological polar surface area (TPSA) is 55.1 Å². The highest BCUT2D eigenvalue weighted by Crippen LogP contribution is 2.25. The predicted octanol–water partition coefficient (Wildman–Crippen LogP) is 6.08. The zero-order valence-corrected chi connectivity index (χ0v) is 18.2. The van der Waals surface area contributed by atoms with E-state index in [1.807, 2.05) is 54.6 Å². The highest BCUT2D eigenvalue weighted by molar-refractivity contribution is 9.10. The number of halogens is 2. The summed E-state index contributed by atoms with van der Waals surface area (Å²) in [5.74, 6) is 0.254. The molecule has 3 aromatic carbocycles. The summed E-state index contributed by atoms with van der Waals surface area (Å²) < 4.78 is 20.6. The van der Waals surface area contributed by atoms with Crippen molar-refractivity contribution >= 4 is 21.8 Å². The van der Waals surface area contributed by atoms with Crippen LogP contribution in [0.2, 0.25) is 0 Å². The molecule has 0 aliphatic rings. The Morgan fingerprint density at radius 2 is 1.65 bits per heavy atom. The molecular formula is C25H20BrFN2O2. The SMILES string of the molecule is O=C(CCc1ncc(-c2ccccc2F)o1)NC(c1ccccc1)c1ccc(Br)cc1. The van der Waals surface area contributed by atoms with Gasteiger partial charge in [0.1, 0.15) is 5.82 Å². The van der Waals surface area contributed by atoms with Gasteiger partial charge >= 0.3 is 0 Å². The Morgan fingerprint density at radius 3 is 2.39 bits per heavy atom. The molecule has 1 amide bonds. The van der Waals surface area contributed by atoms with E-state index >= 15 is 0 Å². The lowest BCUT2D eigenvalue weighted by Gasteiger charge is -2.20. The van der Waals surface area contributed by atoms with Crippen molar-refractivity contribution < 1.29 is 13.6 Å². The van der Waals surface area contributed by atoms with Gasteiger partial charge in [-0.1, -0.05) is 70.5 Å². The van der Waals surface area contributed by atoms with Gasteiger partial charge in [0.2, 0.25) is 5.91 Å². The number of carbonyl (C=O) groups excluding carboxylic acids is 1. The fraction of sp³-hybridized carbons (Fsp3) is 0.120. The molecule has 4 aromatic rings. The fourth-order valence-electron chi connectivity index (χ4n) is 3.32.